The van der Waals surface area contributed by atoms with Gasteiger partial charge in [0, 0.05) is 36.0 Å². The van der Waals surface area contributed by atoms with Crippen molar-refractivity contribution in [3.8, 4) is 0 Å². The van der Waals surface area contributed by atoms with E-state index in [9.17, 15) is 8.42 Å². The molecule has 1 aromatic carbocycles. The summed E-state index contributed by atoms with van der Waals surface area (Å²) < 4.78 is 27.8. The second-order valence-corrected chi connectivity index (χ2v) is 9.94. The lowest BCUT2D eigenvalue weighted by Crippen LogP contribution is -2.29. The normalized spacial score (nSPS) is 18.8. The second-order valence-electron chi connectivity index (χ2n) is 7.80. The molecule has 9 heteroatoms. The van der Waals surface area contributed by atoms with Crippen LogP contribution in [0.25, 0.3) is 0 Å². The molecule has 1 aliphatic heterocycles. The molecule has 7 nitrogen and oxygen atoms in total. The van der Waals surface area contributed by atoms with Crippen molar-refractivity contribution in [2.24, 2.45) is 7.05 Å². The molecule has 1 aliphatic rings. The summed E-state index contributed by atoms with van der Waals surface area (Å²) in [5.74, 6) is 0. The van der Waals surface area contributed by atoms with Gasteiger partial charge in [-0.15, -0.1) is 0 Å². The van der Waals surface area contributed by atoms with Gasteiger partial charge in [0.2, 0.25) is 10.0 Å². The average molecular weight is 456 g/mol. The molecule has 162 valence electrons. The Hall–Kier alpha value is -2.91. The zero-order chi connectivity index (χ0) is 22.3. The van der Waals surface area contributed by atoms with Crippen molar-refractivity contribution in [1.82, 2.24) is 14.9 Å². The summed E-state index contributed by atoms with van der Waals surface area (Å²) in [6.07, 6.45) is 2.92. The van der Waals surface area contributed by atoms with E-state index >= 15 is 0 Å². The molecule has 4 rings (SSSR count). The number of hydrogen-bond donors (Lipinski definition) is 2. The fourth-order valence-electron chi connectivity index (χ4n) is 4.04. The highest BCUT2D eigenvalue weighted by atomic mass is 32.2. The Morgan fingerprint density at radius 3 is 2.39 bits per heavy atom. The first-order valence-corrected chi connectivity index (χ1v) is 12.2. The fourth-order valence-corrected chi connectivity index (χ4v) is 4.95. The molecule has 3 aromatic rings. The summed E-state index contributed by atoms with van der Waals surface area (Å²) in [6.45, 7) is 4.19. The Morgan fingerprint density at radius 1 is 1.13 bits per heavy atom. The highest BCUT2D eigenvalue weighted by molar-refractivity contribution is 7.92. The summed E-state index contributed by atoms with van der Waals surface area (Å²) in [7, 11) is -1.28. The Labute approximate surface area is 188 Å². The van der Waals surface area contributed by atoms with E-state index in [0.29, 0.717) is 10.8 Å². The third-order valence-corrected chi connectivity index (χ3v) is 6.60. The number of thiocarbonyl (C=S) groups is 1. The predicted molar refractivity (Wildman–Crippen MR) is 128 cm³/mol. The van der Waals surface area contributed by atoms with Crippen LogP contribution in [0.3, 0.4) is 0 Å². The summed E-state index contributed by atoms with van der Waals surface area (Å²) in [4.78, 5) is 6.66. The zero-order valence-electron chi connectivity index (χ0n) is 17.8. The molecule has 0 spiro atoms. The lowest BCUT2D eigenvalue weighted by molar-refractivity contribution is 0.564. The standard InChI is InChI=1S/C22H25N5O2S2/c1-14-13-18(15(2)26(14)3)21-20(19-7-5-6-12-23-19)24-22(30)27(21)17-10-8-16(9-11-17)25-31(4,28)29/h5-13,20-21,25H,1-4H3,(H,24,30). The van der Waals surface area contributed by atoms with Crippen molar-refractivity contribution >= 4 is 38.7 Å². The summed E-state index contributed by atoms with van der Waals surface area (Å²) in [6, 6.07) is 15.1. The number of aromatic nitrogens is 2. The van der Waals surface area contributed by atoms with E-state index in [0.717, 1.165) is 29.0 Å². The van der Waals surface area contributed by atoms with E-state index in [4.69, 9.17) is 12.2 Å². The van der Waals surface area contributed by atoms with Crippen LogP contribution in [0.5, 0.6) is 0 Å². The van der Waals surface area contributed by atoms with Crippen LogP contribution in [-0.4, -0.2) is 29.3 Å². The van der Waals surface area contributed by atoms with Gasteiger partial charge in [-0.25, -0.2) is 8.42 Å². The molecule has 0 amide bonds. The first-order chi connectivity index (χ1) is 14.7. The molecular formula is C22H25N5O2S2. The van der Waals surface area contributed by atoms with Gasteiger partial charge < -0.3 is 14.8 Å². The number of nitrogens with zero attached hydrogens (tertiary/aromatic N) is 3. The van der Waals surface area contributed by atoms with Crippen LogP contribution in [0, 0.1) is 13.8 Å². The molecule has 0 bridgehead atoms. The molecule has 0 radical (unpaired) electrons. The van der Waals surface area contributed by atoms with Crippen molar-refractivity contribution in [1.29, 1.82) is 0 Å². The van der Waals surface area contributed by atoms with Gasteiger partial charge >= 0.3 is 0 Å². The average Bonchev–Trinajstić information content (AvgIpc) is 3.19. The van der Waals surface area contributed by atoms with Gasteiger partial charge in [-0.1, -0.05) is 6.07 Å². The Balaban J connectivity index is 1.80. The molecule has 2 unspecified atom stereocenters. The van der Waals surface area contributed by atoms with E-state index in [1.807, 2.05) is 30.3 Å². The molecular weight excluding hydrogens is 430 g/mol. The number of aryl methyl sites for hydroxylation is 1. The Bertz CT molecular complexity index is 1220. The van der Waals surface area contributed by atoms with Gasteiger partial charge in [0.25, 0.3) is 0 Å². The van der Waals surface area contributed by atoms with Crippen LogP contribution in [0.4, 0.5) is 11.4 Å². The molecule has 1 saturated heterocycles. The summed E-state index contributed by atoms with van der Waals surface area (Å²) >= 11 is 5.75. The van der Waals surface area contributed by atoms with Crippen LogP contribution < -0.4 is 14.9 Å². The summed E-state index contributed by atoms with van der Waals surface area (Å²) in [5, 5.41) is 4.05. The molecule has 31 heavy (non-hydrogen) atoms. The topological polar surface area (TPSA) is 79.3 Å². The minimum atomic E-state index is -3.34. The number of hydrogen-bond acceptors (Lipinski definition) is 4. The van der Waals surface area contributed by atoms with Crippen LogP contribution >= 0.6 is 12.2 Å². The lowest BCUT2D eigenvalue weighted by Gasteiger charge is -2.28. The maximum Gasteiger partial charge on any atom is 0.229 e. The molecule has 1 fully saturated rings. The van der Waals surface area contributed by atoms with E-state index < -0.39 is 10.0 Å². The Morgan fingerprint density at radius 2 is 1.84 bits per heavy atom. The maximum absolute atomic E-state index is 11.5. The van der Waals surface area contributed by atoms with Crippen LogP contribution in [0.2, 0.25) is 0 Å². The minimum Gasteiger partial charge on any atom is -0.352 e. The first kappa shape index (κ1) is 21.3. The zero-order valence-corrected chi connectivity index (χ0v) is 19.5. The molecule has 2 N–H and O–H groups in total. The number of rotatable bonds is 5. The van der Waals surface area contributed by atoms with E-state index in [-0.39, 0.29) is 12.1 Å². The van der Waals surface area contributed by atoms with Crippen molar-refractivity contribution in [3.05, 3.63) is 77.4 Å². The predicted octanol–water partition coefficient (Wildman–Crippen LogP) is 3.59. The van der Waals surface area contributed by atoms with Gasteiger partial charge in [-0.3, -0.25) is 9.71 Å². The lowest BCUT2D eigenvalue weighted by atomic mass is 9.96. The number of benzene rings is 1. The molecule has 0 aliphatic carbocycles. The SMILES string of the molecule is Cc1cc(C2C(c3ccccn3)NC(=S)N2c2ccc(NS(C)(=O)=O)cc2)c(C)n1C. The molecule has 2 atom stereocenters. The smallest absolute Gasteiger partial charge is 0.229 e. The van der Waals surface area contributed by atoms with Crippen LogP contribution in [-0.2, 0) is 17.1 Å². The summed E-state index contributed by atoms with van der Waals surface area (Å²) in [5.41, 5.74) is 5.79. The highest BCUT2D eigenvalue weighted by Gasteiger charge is 2.42. The third kappa shape index (κ3) is 4.15. The van der Waals surface area contributed by atoms with Crippen molar-refractivity contribution in [2.45, 2.75) is 25.9 Å². The molecule has 3 heterocycles. The first-order valence-electron chi connectivity index (χ1n) is 9.87. The quantitative estimate of drug-likeness (QED) is 0.573. The van der Waals surface area contributed by atoms with Gasteiger partial charge in [0.1, 0.15) is 0 Å². The number of nitrogens with one attached hydrogen (secondary N) is 2. The number of sulfonamides is 1. The monoisotopic (exact) mass is 455 g/mol. The largest absolute Gasteiger partial charge is 0.352 e. The van der Waals surface area contributed by atoms with Crippen molar-refractivity contribution in [3.63, 3.8) is 0 Å². The van der Waals surface area contributed by atoms with Crippen LogP contribution in [0.1, 0.15) is 34.7 Å². The van der Waals surface area contributed by atoms with E-state index in [1.165, 1.54) is 5.56 Å². The second kappa shape index (κ2) is 7.97. The minimum absolute atomic E-state index is 0.101. The molecule has 2 aromatic heterocycles. The van der Waals surface area contributed by atoms with Gasteiger partial charge in [0.15, 0.2) is 5.11 Å². The third-order valence-electron chi connectivity index (χ3n) is 5.68. The number of anilines is 2. The van der Waals surface area contributed by atoms with E-state index in [2.05, 4.69) is 51.5 Å². The van der Waals surface area contributed by atoms with E-state index in [1.54, 1.807) is 18.3 Å². The van der Waals surface area contributed by atoms with Gasteiger partial charge in [0.05, 0.1) is 24.0 Å². The van der Waals surface area contributed by atoms with Gasteiger partial charge in [-0.2, -0.15) is 0 Å². The maximum atomic E-state index is 11.5. The van der Waals surface area contributed by atoms with Crippen molar-refractivity contribution < 1.29 is 8.42 Å². The number of pyridine rings is 1. The van der Waals surface area contributed by atoms with Gasteiger partial charge in [-0.05, 0) is 74.1 Å². The van der Waals surface area contributed by atoms with Crippen molar-refractivity contribution in [2.75, 3.05) is 15.9 Å². The highest BCUT2D eigenvalue weighted by Crippen LogP contribution is 2.43. The Kier molecular flexibility index (Phi) is 5.49. The van der Waals surface area contributed by atoms with Crippen LogP contribution in [0.15, 0.2) is 54.7 Å². The molecule has 0 saturated carbocycles. The fraction of sp³-hybridized carbons (Fsp3) is 0.273.